The summed E-state index contributed by atoms with van der Waals surface area (Å²) in [4.78, 5) is 3.96. The van der Waals surface area contributed by atoms with E-state index >= 15 is 0 Å². The number of benzene rings is 1. The van der Waals surface area contributed by atoms with Gasteiger partial charge in [0.05, 0.1) is 12.1 Å². The molecule has 18 heavy (non-hydrogen) atoms. The molecule has 0 N–H and O–H groups in total. The molecule has 2 rings (SSSR count). The third-order valence-corrected chi connectivity index (χ3v) is 2.91. The Hall–Kier alpha value is -1.45. The monoisotopic (exact) mass is 283 g/mol. The Bertz CT molecular complexity index is 529. The average molecular weight is 284 g/mol. The van der Waals surface area contributed by atoms with Gasteiger partial charge in [-0.3, -0.25) is 0 Å². The molecule has 0 fully saturated rings. The summed E-state index contributed by atoms with van der Waals surface area (Å²) in [5, 5.41) is 0.914. The van der Waals surface area contributed by atoms with E-state index in [1.165, 1.54) is 0 Å². The maximum atomic E-state index is 6.02. The van der Waals surface area contributed by atoms with Gasteiger partial charge in [-0.1, -0.05) is 23.2 Å². The second kappa shape index (κ2) is 5.94. The number of methoxy groups -OCH3 is 1. The van der Waals surface area contributed by atoms with Gasteiger partial charge in [-0.25, -0.2) is 4.98 Å². The zero-order valence-corrected chi connectivity index (χ0v) is 11.2. The van der Waals surface area contributed by atoms with Crippen molar-refractivity contribution in [3.05, 3.63) is 52.3 Å². The molecule has 0 bridgehead atoms. The van der Waals surface area contributed by atoms with Crippen LogP contribution in [0.3, 0.4) is 0 Å². The largest absolute Gasteiger partial charge is 0.497 e. The predicted molar refractivity (Wildman–Crippen MR) is 71.6 cm³/mol. The zero-order valence-electron chi connectivity index (χ0n) is 9.69. The summed E-state index contributed by atoms with van der Waals surface area (Å²) in [5.74, 6) is 1.52. The molecular weight excluding hydrogens is 273 g/mol. The van der Waals surface area contributed by atoms with Crippen LogP contribution in [0.4, 0.5) is 0 Å². The van der Waals surface area contributed by atoms with Gasteiger partial charge < -0.3 is 9.47 Å². The zero-order chi connectivity index (χ0) is 13.0. The first-order valence-corrected chi connectivity index (χ1v) is 6.01. The maximum absolute atomic E-state index is 6.02. The molecule has 0 atom stereocenters. The normalized spacial score (nSPS) is 10.2. The second-order valence-electron chi connectivity index (χ2n) is 3.56. The Kier molecular flexibility index (Phi) is 4.28. The number of halogens is 2. The number of ether oxygens (including phenoxy) is 2. The highest BCUT2D eigenvalue weighted by molar-refractivity contribution is 6.34. The Morgan fingerprint density at radius 2 is 1.78 bits per heavy atom. The van der Waals surface area contributed by atoms with Crippen molar-refractivity contribution in [3.63, 3.8) is 0 Å². The van der Waals surface area contributed by atoms with Crippen LogP contribution in [-0.4, -0.2) is 12.1 Å². The van der Waals surface area contributed by atoms with E-state index in [0.717, 1.165) is 17.1 Å². The van der Waals surface area contributed by atoms with Gasteiger partial charge in [-0.05, 0) is 30.3 Å². The van der Waals surface area contributed by atoms with Crippen LogP contribution in [0.2, 0.25) is 10.2 Å². The maximum Gasteiger partial charge on any atom is 0.130 e. The van der Waals surface area contributed by atoms with Crippen LogP contribution in [0.25, 0.3) is 0 Å². The first-order valence-electron chi connectivity index (χ1n) is 5.26. The van der Waals surface area contributed by atoms with Crippen molar-refractivity contribution in [1.29, 1.82) is 0 Å². The predicted octanol–water partition coefficient (Wildman–Crippen LogP) is 3.98. The second-order valence-corrected chi connectivity index (χ2v) is 4.36. The van der Waals surface area contributed by atoms with E-state index in [1.807, 2.05) is 24.3 Å². The lowest BCUT2D eigenvalue weighted by Crippen LogP contribution is -1.97. The molecule has 94 valence electrons. The number of nitrogens with zero attached hydrogens (tertiary/aromatic N) is 1. The fourth-order valence-corrected chi connectivity index (χ4v) is 1.80. The van der Waals surface area contributed by atoms with E-state index in [2.05, 4.69) is 4.98 Å². The lowest BCUT2D eigenvalue weighted by atomic mass is 10.3. The molecule has 0 radical (unpaired) electrons. The van der Waals surface area contributed by atoms with Crippen LogP contribution < -0.4 is 9.47 Å². The Labute approximate surface area is 115 Å². The highest BCUT2D eigenvalue weighted by atomic mass is 35.5. The van der Waals surface area contributed by atoms with Crippen LogP contribution in [0.5, 0.6) is 11.5 Å². The van der Waals surface area contributed by atoms with Crippen molar-refractivity contribution in [2.24, 2.45) is 0 Å². The lowest BCUT2D eigenvalue weighted by Gasteiger charge is -2.08. The summed E-state index contributed by atoms with van der Waals surface area (Å²) >= 11 is 11.7. The van der Waals surface area contributed by atoms with Crippen molar-refractivity contribution < 1.29 is 9.47 Å². The number of pyridine rings is 1. The van der Waals surface area contributed by atoms with E-state index < -0.39 is 0 Å². The third-order valence-electron chi connectivity index (χ3n) is 2.35. The van der Waals surface area contributed by atoms with Crippen molar-refractivity contribution in [2.75, 3.05) is 7.11 Å². The summed E-state index contributed by atoms with van der Waals surface area (Å²) in [6.07, 6.45) is 1.61. The van der Waals surface area contributed by atoms with Crippen molar-refractivity contribution in [2.45, 2.75) is 6.61 Å². The van der Waals surface area contributed by atoms with Crippen LogP contribution in [0, 0.1) is 0 Å². The number of hydrogen-bond donors (Lipinski definition) is 0. The molecule has 0 saturated carbocycles. The lowest BCUT2D eigenvalue weighted by molar-refractivity contribution is 0.305. The SMILES string of the molecule is COc1ccc(OCc2cnc(Cl)cc2Cl)cc1. The summed E-state index contributed by atoms with van der Waals surface area (Å²) in [7, 11) is 1.62. The van der Waals surface area contributed by atoms with E-state index in [0.29, 0.717) is 16.8 Å². The quantitative estimate of drug-likeness (QED) is 0.796. The van der Waals surface area contributed by atoms with Crippen LogP contribution >= 0.6 is 23.2 Å². The average Bonchev–Trinajstić information content (AvgIpc) is 2.38. The molecule has 1 aromatic heterocycles. The van der Waals surface area contributed by atoms with Crippen molar-refractivity contribution in [3.8, 4) is 11.5 Å². The topological polar surface area (TPSA) is 31.4 Å². The van der Waals surface area contributed by atoms with Gasteiger partial charge >= 0.3 is 0 Å². The van der Waals surface area contributed by atoms with Crippen LogP contribution in [0.15, 0.2) is 36.5 Å². The minimum Gasteiger partial charge on any atom is -0.497 e. The highest BCUT2D eigenvalue weighted by Gasteiger charge is 2.03. The molecule has 0 unspecified atom stereocenters. The molecule has 0 aliphatic rings. The van der Waals surface area contributed by atoms with Gasteiger partial charge in [0, 0.05) is 11.8 Å². The summed E-state index contributed by atoms with van der Waals surface area (Å²) in [6, 6.07) is 8.91. The molecule has 0 aliphatic carbocycles. The van der Waals surface area contributed by atoms with Crippen molar-refractivity contribution in [1.82, 2.24) is 4.98 Å². The fourth-order valence-electron chi connectivity index (χ4n) is 1.38. The van der Waals surface area contributed by atoms with Gasteiger partial charge in [-0.2, -0.15) is 0 Å². The molecule has 0 spiro atoms. The van der Waals surface area contributed by atoms with E-state index in [9.17, 15) is 0 Å². The standard InChI is InChI=1S/C13H11Cl2NO2/c1-17-10-2-4-11(5-3-10)18-8-9-7-16-13(15)6-12(9)14/h2-7H,8H2,1H3. The molecule has 1 heterocycles. The van der Waals surface area contributed by atoms with Gasteiger partial charge in [0.2, 0.25) is 0 Å². The fraction of sp³-hybridized carbons (Fsp3) is 0.154. The Morgan fingerprint density at radius 3 is 2.39 bits per heavy atom. The minimum absolute atomic E-state index is 0.343. The van der Waals surface area contributed by atoms with Gasteiger partial charge in [0.1, 0.15) is 23.3 Å². The molecule has 2 aromatic rings. The molecule has 0 saturated heterocycles. The van der Waals surface area contributed by atoms with Crippen LogP contribution in [0.1, 0.15) is 5.56 Å². The minimum atomic E-state index is 0.343. The smallest absolute Gasteiger partial charge is 0.130 e. The summed E-state index contributed by atoms with van der Waals surface area (Å²) in [5.41, 5.74) is 0.789. The Morgan fingerprint density at radius 1 is 1.11 bits per heavy atom. The molecule has 0 aliphatic heterocycles. The molecule has 3 nitrogen and oxygen atoms in total. The number of rotatable bonds is 4. The van der Waals surface area contributed by atoms with E-state index in [-0.39, 0.29) is 0 Å². The van der Waals surface area contributed by atoms with Gasteiger partial charge in [0.15, 0.2) is 0 Å². The number of hydrogen-bond acceptors (Lipinski definition) is 3. The molecular formula is C13H11Cl2NO2. The van der Waals surface area contributed by atoms with Crippen molar-refractivity contribution >= 4 is 23.2 Å². The van der Waals surface area contributed by atoms with Gasteiger partial charge in [-0.15, -0.1) is 0 Å². The number of aromatic nitrogens is 1. The summed E-state index contributed by atoms with van der Waals surface area (Å²) in [6.45, 7) is 0.343. The summed E-state index contributed by atoms with van der Waals surface area (Å²) < 4.78 is 10.7. The molecule has 1 aromatic carbocycles. The first kappa shape index (κ1) is 13.0. The highest BCUT2D eigenvalue weighted by Crippen LogP contribution is 2.22. The first-order chi connectivity index (χ1) is 8.69. The van der Waals surface area contributed by atoms with Crippen LogP contribution in [-0.2, 0) is 6.61 Å². The van der Waals surface area contributed by atoms with Gasteiger partial charge in [0.25, 0.3) is 0 Å². The molecule has 5 heteroatoms. The Balaban J connectivity index is 2.02. The molecule has 0 amide bonds. The van der Waals surface area contributed by atoms with E-state index in [1.54, 1.807) is 19.4 Å². The van der Waals surface area contributed by atoms with E-state index in [4.69, 9.17) is 32.7 Å². The third kappa shape index (κ3) is 3.28.